The molecule has 0 spiro atoms. The van der Waals surface area contributed by atoms with Crippen LogP contribution in [0.15, 0.2) is 79.4 Å². The van der Waals surface area contributed by atoms with Crippen molar-refractivity contribution in [1.82, 2.24) is 0 Å². The smallest absolute Gasteiger partial charge is 0.0181 e. The molecule has 0 fully saturated rings. The van der Waals surface area contributed by atoms with E-state index in [1.807, 2.05) is 20.8 Å². The van der Waals surface area contributed by atoms with Gasteiger partial charge in [0.1, 0.15) is 0 Å². The zero-order chi connectivity index (χ0) is 18.0. The van der Waals surface area contributed by atoms with Crippen LogP contribution in [-0.4, -0.2) is 0 Å². The molecule has 0 heteroatoms. The van der Waals surface area contributed by atoms with Gasteiger partial charge in [-0.3, -0.25) is 0 Å². The van der Waals surface area contributed by atoms with Crippen molar-refractivity contribution >= 4 is 0 Å². The van der Waals surface area contributed by atoms with Gasteiger partial charge in [-0.2, -0.15) is 0 Å². The molecule has 0 radical (unpaired) electrons. The van der Waals surface area contributed by atoms with E-state index < -0.39 is 0 Å². The van der Waals surface area contributed by atoms with E-state index in [1.54, 1.807) is 6.08 Å². The van der Waals surface area contributed by atoms with E-state index in [4.69, 9.17) is 0 Å². The van der Waals surface area contributed by atoms with Gasteiger partial charge in [-0.15, -0.1) is 6.58 Å². The number of hydrogen-bond acceptors (Lipinski definition) is 0. The summed E-state index contributed by atoms with van der Waals surface area (Å²) in [6.07, 6.45) is 11.1. The minimum atomic E-state index is 1.18. The molecule has 0 heterocycles. The van der Waals surface area contributed by atoms with Crippen LogP contribution in [0.25, 0.3) is 11.1 Å². The van der Waals surface area contributed by atoms with Gasteiger partial charge in [0.05, 0.1) is 0 Å². The highest BCUT2D eigenvalue weighted by Crippen LogP contribution is 2.20. The molecule has 24 heavy (non-hydrogen) atoms. The first-order valence-electron chi connectivity index (χ1n) is 9.14. The lowest BCUT2D eigenvalue weighted by atomic mass is 10.0. The number of unbranched alkanes of at least 4 members (excludes halogenated alkanes) is 2. The van der Waals surface area contributed by atoms with Crippen molar-refractivity contribution in [2.45, 2.75) is 53.4 Å². The predicted molar refractivity (Wildman–Crippen MR) is 111 cm³/mol. The quantitative estimate of drug-likeness (QED) is 0.375. The SMILES string of the molecule is C/C=C/CCCCc1cccc(-c2ccccc2)c1.C=CC.CC. The summed E-state index contributed by atoms with van der Waals surface area (Å²) in [4.78, 5) is 0. The molecule has 0 aliphatic heterocycles. The van der Waals surface area contributed by atoms with Gasteiger partial charge in [-0.25, -0.2) is 0 Å². The minimum absolute atomic E-state index is 1.18. The van der Waals surface area contributed by atoms with E-state index in [9.17, 15) is 0 Å². The molecule has 0 saturated carbocycles. The Kier molecular flexibility index (Phi) is 14.4. The molecule has 0 N–H and O–H groups in total. The zero-order valence-corrected chi connectivity index (χ0v) is 16.0. The van der Waals surface area contributed by atoms with Gasteiger partial charge in [0.15, 0.2) is 0 Å². The van der Waals surface area contributed by atoms with Crippen molar-refractivity contribution in [3.05, 3.63) is 85.0 Å². The van der Waals surface area contributed by atoms with Crippen LogP contribution in [0.4, 0.5) is 0 Å². The summed E-state index contributed by atoms with van der Waals surface area (Å²) < 4.78 is 0. The van der Waals surface area contributed by atoms with Crippen molar-refractivity contribution in [3.63, 3.8) is 0 Å². The topological polar surface area (TPSA) is 0 Å². The third kappa shape index (κ3) is 9.84. The predicted octanol–water partition coefficient (Wildman–Crippen LogP) is 7.86. The molecular formula is C24H34. The van der Waals surface area contributed by atoms with Crippen LogP contribution in [-0.2, 0) is 6.42 Å². The molecule has 2 aromatic rings. The molecule has 0 aromatic heterocycles. The zero-order valence-electron chi connectivity index (χ0n) is 16.0. The van der Waals surface area contributed by atoms with Crippen molar-refractivity contribution in [1.29, 1.82) is 0 Å². The summed E-state index contributed by atoms with van der Waals surface area (Å²) in [7, 11) is 0. The largest absolute Gasteiger partial charge is 0.103 e. The Morgan fingerprint density at radius 2 is 1.46 bits per heavy atom. The molecule has 2 rings (SSSR count). The molecule has 0 aliphatic carbocycles. The van der Waals surface area contributed by atoms with Crippen LogP contribution in [0.5, 0.6) is 0 Å². The number of benzene rings is 2. The van der Waals surface area contributed by atoms with Gasteiger partial charge in [-0.05, 0) is 56.2 Å². The molecular weight excluding hydrogens is 288 g/mol. The van der Waals surface area contributed by atoms with Crippen molar-refractivity contribution in [2.24, 2.45) is 0 Å². The van der Waals surface area contributed by atoms with E-state index in [1.165, 1.54) is 42.4 Å². The maximum atomic E-state index is 3.36. The molecule has 2 aromatic carbocycles. The molecule has 0 unspecified atom stereocenters. The van der Waals surface area contributed by atoms with Gasteiger partial charge in [0, 0.05) is 0 Å². The first kappa shape index (κ1) is 21.9. The fraction of sp³-hybridized carbons (Fsp3) is 0.333. The molecule has 130 valence electrons. The van der Waals surface area contributed by atoms with Crippen LogP contribution < -0.4 is 0 Å². The molecule has 0 bridgehead atoms. The van der Waals surface area contributed by atoms with E-state index in [-0.39, 0.29) is 0 Å². The monoisotopic (exact) mass is 322 g/mol. The number of allylic oxidation sites excluding steroid dienone is 3. The highest BCUT2D eigenvalue weighted by Gasteiger charge is 1.98. The molecule has 0 aliphatic rings. The van der Waals surface area contributed by atoms with Crippen LogP contribution in [0, 0.1) is 0 Å². The average molecular weight is 323 g/mol. The van der Waals surface area contributed by atoms with Crippen LogP contribution in [0.2, 0.25) is 0 Å². The fourth-order valence-corrected chi connectivity index (χ4v) is 2.29. The summed E-state index contributed by atoms with van der Waals surface area (Å²) in [6.45, 7) is 11.3. The number of aryl methyl sites for hydroxylation is 1. The maximum Gasteiger partial charge on any atom is -0.0181 e. The van der Waals surface area contributed by atoms with Gasteiger partial charge >= 0.3 is 0 Å². The lowest BCUT2D eigenvalue weighted by Gasteiger charge is -2.05. The highest BCUT2D eigenvalue weighted by molar-refractivity contribution is 5.63. The molecule has 0 nitrogen and oxygen atoms in total. The Hall–Kier alpha value is -2.08. The Labute approximate surface area is 150 Å². The first-order chi connectivity index (χ1) is 11.8. The van der Waals surface area contributed by atoms with Crippen LogP contribution >= 0.6 is 0 Å². The average Bonchev–Trinajstić information content (AvgIpc) is 2.65. The number of rotatable bonds is 6. The van der Waals surface area contributed by atoms with Crippen molar-refractivity contribution < 1.29 is 0 Å². The van der Waals surface area contributed by atoms with E-state index >= 15 is 0 Å². The Balaban J connectivity index is 0.000000952. The summed E-state index contributed by atoms with van der Waals surface area (Å²) in [5.41, 5.74) is 4.08. The summed E-state index contributed by atoms with van der Waals surface area (Å²) >= 11 is 0. The third-order valence-electron chi connectivity index (χ3n) is 3.36. The minimum Gasteiger partial charge on any atom is -0.103 e. The second-order valence-electron chi connectivity index (χ2n) is 5.29. The third-order valence-corrected chi connectivity index (χ3v) is 3.36. The van der Waals surface area contributed by atoms with E-state index in [0.717, 1.165) is 0 Å². The second-order valence-corrected chi connectivity index (χ2v) is 5.29. The van der Waals surface area contributed by atoms with E-state index in [2.05, 4.69) is 80.3 Å². The lowest BCUT2D eigenvalue weighted by Crippen LogP contribution is -1.86. The Morgan fingerprint density at radius 3 is 2.08 bits per heavy atom. The molecule has 0 amide bonds. The summed E-state index contributed by atoms with van der Waals surface area (Å²) in [6, 6.07) is 19.5. The van der Waals surface area contributed by atoms with Crippen LogP contribution in [0.3, 0.4) is 0 Å². The van der Waals surface area contributed by atoms with Gasteiger partial charge in [0.2, 0.25) is 0 Å². The second kappa shape index (κ2) is 15.8. The standard InChI is InChI=1S/C19H22.C3H6.C2H6/c1-2-3-4-5-7-11-17-12-10-15-19(16-17)18-13-8-6-9-14-18;1-3-2;1-2/h2-3,6,8-10,12-16H,4-5,7,11H2,1H3;3H,1H2,2H3;1-2H3/b3-2+;;. The number of hydrogen-bond donors (Lipinski definition) is 0. The van der Waals surface area contributed by atoms with Gasteiger partial charge < -0.3 is 0 Å². The first-order valence-corrected chi connectivity index (χ1v) is 9.14. The normalized spacial score (nSPS) is 9.50. The van der Waals surface area contributed by atoms with E-state index in [0.29, 0.717) is 0 Å². The fourth-order valence-electron chi connectivity index (χ4n) is 2.29. The summed E-state index contributed by atoms with van der Waals surface area (Å²) in [5.74, 6) is 0. The lowest BCUT2D eigenvalue weighted by molar-refractivity contribution is 0.747. The Bertz CT molecular complexity index is 549. The Morgan fingerprint density at radius 1 is 0.833 bits per heavy atom. The molecule has 0 atom stereocenters. The van der Waals surface area contributed by atoms with Crippen molar-refractivity contribution in [2.75, 3.05) is 0 Å². The highest BCUT2D eigenvalue weighted by atomic mass is 14.0. The molecule has 0 saturated heterocycles. The van der Waals surface area contributed by atoms with Gasteiger partial charge in [-0.1, -0.05) is 86.7 Å². The van der Waals surface area contributed by atoms with Gasteiger partial charge in [0.25, 0.3) is 0 Å². The van der Waals surface area contributed by atoms with Crippen LogP contribution in [0.1, 0.15) is 52.5 Å². The van der Waals surface area contributed by atoms with Crippen molar-refractivity contribution in [3.8, 4) is 11.1 Å². The maximum absolute atomic E-state index is 3.36. The summed E-state index contributed by atoms with van der Waals surface area (Å²) in [5, 5.41) is 0.